The zero-order chi connectivity index (χ0) is 21.5. The molecule has 0 unspecified atom stereocenters. The second-order valence-corrected chi connectivity index (χ2v) is 9.65. The van der Waals surface area contributed by atoms with Gasteiger partial charge in [-0.2, -0.15) is 0 Å². The highest BCUT2D eigenvalue weighted by molar-refractivity contribution is 8.68. The van der Waals surface area contributed by atoms with E-state index in [4.69, 9.17) is 0 Å². The lowest BCUT2D eigenvalue weighted by Gasteiger charge is -2.18. The summed E-state index contributed by atoms with van der Waals surface area (Å²) >= 11 is 5.78. The molecule has 0 saturated carbocycles. The van der Waals surface area contributed by atoms with Crippen LogP contribution < -0.4 is 4.90 Å². The molecule has 1 aromatic heterocycles. The third-order valence-electron chi connectivity index (χ3n) is 5.29. The van der Waals surface area contributed by atoms with Gasteiger partial charge in [0.2, 0.25) is 5.13 Å². The minimum atomic E-state index is 0.0757. The molecule has 0 fully saturated rings. The first-order valence-electron chi connectivity index (χ1n) is 9.64. The van der Waals surface area contributed by atoms with Gasteiger partial charge >= 0.3 is 0 Å². The molecule has 0 radical (unpaired) electrons. The maximum atomic E-state index is 12.9. The van der Waals surface area contributed by atoms with E-state index < -0.39 is 0 Å². The molecule has 0 saturated heterocycles. The number of anilines is 1. The zero-order valence-corrected chi connectivity index (χ0v) is 19.4. The van der Waals surface area contributed by atoms with Gasteiger partial charge in [0.05, 0.1) is 10.2 Å². The molecule has 154 valence electrons. The first kappa shape index (κ1) is 20.2. The Hall–Kier alpha value is -2.68. The van der Waals surface area contributed by atoms with Crippen molar-refractivity contribution in [1.82, 2.24) is 4.98 Å². The molecular formula is C23H18N4OS3. The standard InChI is InChI=1S/C23H18N4OS3/c1-27(2)15-7-8-18(21(11-15)31-29)25-26-23-24-19-10-14-9-13-5-3-4-6-16(13)22(28)17(14)12-20(19)30-23/h3-8,10-12,29H,9H2,1-2H3. The van der Waals surface area contributed by atoms with Gasteiger partial charge in [0.1, 0.15) is 5.69 Å². The highest BCUT2D eigenvalue weighted by Gasteiger charge is 2.24. The Bertz CT molecular complexity index is 1360. The third-order valence-corrected chi connectivity index (χ3v) is 7.31. The van der Waals surface area contributed by atoms with E-state index in [0.29, 0.717) is 5.13 Å². The normalized spacial score (nSPS) is 12.9. The quantitative estimate of drug-likeness (QED) is 0.180. The fraction of sp³-hybridized carbons (Fsp3) is 0.130. The number of rotatable bonds is 4. The lowest BCUT2D eigenvalue weighted by atomic mass is 9.85. The van der Waals surface area contributed by atoms with Crippen LogP contribution in [-0.2, 0) is 6.42 Å². The molecule has 0 spiro atoms. The van der Waals surface area contributed by atoms with E-state index in [1.54, 1.807) is 0 Å². The fourth-order valence-corrected chi connectivity index (χ4v) is 5.31. The largest absolute Gasteiger partial charge is 0.378 e. The molecule has 1 heterocycles. The van der Waals surface area contributed by atoms with Crippen molar-refractivity contribution in [3.63, 3.8) is 0 Å². The summed E-state index contributed by atoms with van der Waals surface area (Å²) in [5, 5.41) is 9.34. The predicted molar refractivity (Wildman–Crippen MR) is 132 cm³/mol. The van der Waals surface area contributed by atoms with Crippen LogP contribution in [0.5, 0.6) is 0 Å². The number of carbonyl (C=O) groups excluding carboxylic acids is 1. The van der Waals surface area contributed by atoms with E-state index in [9.17, 15) is 4.79 Å². The van der Waals surface area contributed by atoms with Crippen LogP contribution in [-0.4, -0.2) is 24.9 Å². The monoisotopic (exact) mass is 462 g/mol. The number of fused-ring (bicyclic) bond motifs is 3. The van der Waals surface area contributed by atoms with Crippen molar-refractivity contribution in [3.05, 3.63) is 76.9 Å². The summed E-state index contributed by atoms with van der Waals surface area (Å²) in [6.45, 7) is 0. The smallest absolute Gasteiger partial charge is 0.231 e. The van der Waals surface area contributed by atoms with Crippen LogP contribution in [0.15, 0.2) is 69.7 Å². The van der Waals surface area contributed by atoms with Crippen molar-refractivity contribution in [2.75, 3.05) is 19.0 Å². The van der Waals surface area contributed by atoms with Gasteiger partial charge in [0, 0.05) is 35.8 Å². The molecule has 0 bridgehead atoms. The molecule has 3 aromatic carbocycles. The van der Waals surface area contributed by atoms with Crippen LogP contribution in [0.1, 0.15) is 27.0 Å². The number of aromatic nitrogens is 1. The number of ketones is 1. The minimum Gasteiger partial charge on any atom is -0.378 e. The van der Waals surface area contributed by atoms with E-state index in [-0.39, 0.29) is 5.78 Å². The number of thiazole rings is 1. The predicted octanol–water partition coefficient (Wildman–Crippen LogP) is 6.85. The van der Waals surface area contributed by atoms with Crippen molar-refractivity contribution >= 4 is 66.3 Å². The molecule has 4 aromatic rings. The number of azo groups is 1. The Morgan fingerprint density at radius 2 is 1.87 bits per heavy atom. The van der Waals surface area contributed by atoms with Gasteiger partial charge in [-0.3, -0.25) is 4.79 Å². The number of thiol groups is 1. The van der Waals surface area contributed by atoms with Gasteiger partial charge < -0.3 is 4.90 Å². The molecule has 5 rings (SSSR count). The highest BCUT2D eigenvalue weighted by atomic mass is 33.1. The summed E-state index contributed by atoms with van der Waals surface area (Å²) in [5.41, 5.74) is 6.28. The topological polar surface area (TPSA) is 57.9 Å². The fourth-order valence-electron chi connectivity index (χ4n) is 3.68. The van der Waals surface area contributed by atoms with Gasteiger partial charge in [0.25, 0.3) is 0 Å². The Balaban J connectivity index is 1.49. The number of hydrogen-bond acceptors (Lipinski definition) is 8. The van der Waals surface area contributed by atoms with E-state index in [0.717, 1.165) is 55.2 Å². The van der Waals surface area contributed by atoms with Crippen molar-refractivity contribution in [2.45, 2.75) is 11.3 Å². The van der Waals surface area contributed by atoms with Gasteiger partial charge in [-0.25, -0.2) is 4.98 Å². The second-order valence-electron chi connectivity index (χ2n) is 7.47. The molecule has 1 aliphatic rings. The Labute approximate surface area is 193 Å². The molecule has 0 aliphatic heterocycles. The molecule has 0 N–H and O–H groups in total. The van der Waals surface area contributed by atoms with Crippen molar-refractivity contribution < 1.29 is 4.79 Å². The van der Waals surface area contributed by atoms with Gasteiger partial charge in [0.15, 0.2) is 5.78 Å². The maximum absolute atomic E-state index is 12.9. The second kappa shape index (κ2) is 8.11. The summed E-state index contributed by atoms with van der Waals surface area (Å²) in [6.07, 6.45) is 0.738. The average molecular weight is 463 g/mol. The molecule has 0 atom stereocenters. The molecule has 31 heavy (non-hydrogen) atoms. The van der Waals surface area contributed by atoms with E-state index >= 15 is 0 Å². The molecule has 0 amide bonds. The van der Waals surface area contributed by atoms with E-state index in [1.165, 1.54) is 22.1 Å². The first-order valence-corrected chi connectivity index (χ1v) is 12.3. The third kappa shape index (κ3) is 3.75. The SMILES string of the molecule is CN(C)c1ccc(N=Nc2nc3cc4c(cc3s2)C(=O)c2ccccc2C4)c(SS)c1. The average Bonchev–Trinajstić information content (AvgIpc) is 3.18. The Morgan fingerprint density at radius 1 is 1.03 bits per heavy atom. The lowest BCUT2D eigenvalue weighted by molar-refractivity contribution is 0.103. The van der Waals surface area contributed by atoms with Crippen LogP contribution in [0.4, 0.5) is 16.5 Å². The Morgan fingerprint density at radius 3 is 2.68 bits per heavy atom. The van der Waals surface area contributed by atoms with Gasteiger partial charge in [-0.1, -0.05) is 46.4 Å². The highest BCUT2D eigenvalue weighted by Crippen LogP contribution is 2.38. The van der Waals surface area contributed by atoms with Gasteiger partial charge in [-0.15, -0.1) is 21.9 Å². The van der Waals surface area contributed by atoms with Crippen molar-refractivity contribution in [2.24, 2.45) is 10.2 Å². The van der Waals surface area contributed by atoms with E-state index in [2.05, 4.69) is 26.9 Å². The molecule has 5 nitrogen and oxygen atoms in total. The molecular weight excluding hydrogens is 444 g/mol. The van der Waals surface area contributed by atoms with Crippen LogP contribution in [0, 0.1) is 0 Å². The Kier molecular flexibility index (Phi) is 5.29. The van der Waals surface area contributed by atoms with Crippen molar-refractivity contribution in [1.29, 1.82) is 0 Å². The summed E-state index contributed by atoms with van der Waals surface area (Å²) in [7, 11) is 5.32. The molecule has 8 heteroatoms. The minimum absolute atomic E-state index is 0.0757. The summed E-state index contributed by atoms with van der Waals surface area (Å²) in [6, 6.07) is 17.7. The zero-order valence-electron chi connectivity index (χ0n) is 16.9. The lowest BCUT2D eigenvalue weighted by Crippen LogP contribution is -2.14. The van der Waals surface area contributed by atoms with Crippen LogP contribution in [0.25, 0.3) is 10.2 Å². The number of carbonyl (C=O) groups is 1. The van der Waals surface area contributed by atoms with Crippen LogP contribution in [0.2, 0.25) is 0 Å². The summed E-state index contributed by atoms with van der Waals surface area (Å²) < 4.78 is 0.937. The van der Waals surface area contributed by atoms with Crippen LogP contribution in [0.3, 0.4) is 0 Å². The number of benzene rings is 3. The first-order chi connectivity index (χ1) is 15.0. The summed E-state index contributed by atoms with van der Waals surface area (Å²) in [4.78, 5) is 20.5. The van der Waals surface area contributed by atoms with Crippen molar-refractivity contribution in [3.8, 4) is 0 Å². The number of nitrogens with zero attached hydrogens (tertiary/aromatic N) is 4. The molecule has 1 aliphatic carbocycles. The van der Waals surface area contributed by atoms with Crippen LogP contribution >= 0.6 is 33.8 Å². The maximum Gasteiger partial charge on any atom is 0.231 e. The van der Waals surface area contributed by atoms with E-state index in [1.807, 2.05) is 73.6 Å². The summed E-state index contributed by atoms with van der Waals surface area (Å²) in [5.74, 6) is 0.0757. The van der Waals surface area contributed by atoms with Gasteiger partial charge in [-0.05, 0) is 47.9 Å². The number of hydrogen-bond donors (Lipinski definition) is 1.